The van der Waals surface area contributed by atoms with Crippen molar-refractivity contribution in [1.29, 1.82) is 0 Å². The van der Waals surface area contributed by atoms with E-state index in [2.05, 4.69) is 5.32 Å². The van der Waals surface area contributed by atoms with Crippen molar-refractivity contribution in [3.63, 3.8) is 0 Å². The zero-order valence-electron chi connectivity index (χ0n) is 13.5. The number of nitrogens with one attached hydrogen (secondary N) is 1. The van der Waals surface area contributed by atoms with Gasteiger partial charge in [0.25, 0.3) is 11.1 Å². The second-order valence-electron chi connectivity index (χ2n) is 5.34. The van der Waals surface area contributed by atoms with Crippen LogP contribution in [-0.2, 0) is 16.0 Å². The number of benzene rings is 1. The Morgan fingerprint density at radius 1 is 1.20 bits per heavy atom. The molecule has 0 bridgehead atoms. The Bertz CT molecular complexity index is 844. The number of para-hydroxylation sites is 1. The van der Waals surface area contributed by atoms with Crippen LogP contribution in [0.15, 0.2) is 46.7 Å². The number of hydrogen-bond donors (Lipinski definition) is 1. The highest BCUT2D eigenvalue weighted by Gasteiger charge is 2.36. The maximum atomic E-state index is 12.4. The Morgan fingerprint density at radius 2 is 2.00 bits per heavy atom. The number of thiophene rings is 1. The van der Waals surface area contributed by atoms with Crippen molar-refractivity contribution in [2.24, 2.45) is 0 Å². The van der Waals surface area contributed by atoms with Crippen LogP contribution in [0.4, 0.5) is 10.5 Å². The average Bonchev–Trinajstić information content (AvgIpc) is 3.20. The molecule has 1 aliphatic rings. The van der Waals surface area contributed by atoms with Gasteiger partial charge in [0, 0.05) is 10.6 Å². The van der Waals surface area contributed by atoms with Crippen LogP contribution in [0, 0.1) is 0 Å². The van der Waals surface area contributed by atoms with Gasteiger partial charge in [0.05, 0.1) is 4.91 Å². The molecule has 0 saturated carbocycles. The van der Waals surface area contributed by atoms with Gasteiger partial charge < -0.3 is 5.32 Å². The van der Waals surface area contributed by atoms with E-state index >= 15 is 0 Å². The lowest BCUT2D eigenvalue weighted by Crippen LogP contribution is -2.36. The average molecular weight is 372 g/mol. The number of imide groups is 1. The lowest BCUT2D eigenvalue weighted by Gasteiger charge is -2.14. The quantitative estimate of drug-likeness (QED) is 0.806. The second kappa shape index (κ2) is 7.67. The molecule has 0 aliphatic carbocycles. The third-order valence-electron chi connectivity index (χ3n) is 3.66. The van der Waals surface area contributed by atoms with Gasteiger partial charge in [-0.1, -0.05) is 31.2 Å². The third-order valence-corrected chi connectivity index (χ3v) is 5.39. The van der Waals surface area contributed by atoms with Crippen molar-refractivity contribution in [3.8, 4) is 0 Å². The van der Waals surface area contributed by atoms with Crippen LogP contribution in [0.2, 0.25) is 0 Å². The van der Waals surface area contributed by atoms with E-state index in [1.54, 1.807) is 12.1 Å². The summed E-state index contributed by atoms with van der Waals surface area (Å²) in [4.78, 5) is 39.0. The molecule has 3 amide bonds. The first-order valence-electron chi connectivity index (χ1n) is 7.75. The summed E-state index contributed by atoms with van der Waals surface area (Å²) in [5.74, 6) is -0.817. The van der Waals surface area contributed by atoms with E-state index in [1.165, 1.54) is 11.3 Å². The molecule has 1 aliphatic heterocycles. The van der Waals surface area contributed by atoms with Crippen molar-refractivity contribution in [2.45, 2.75) is 13.3 Å². The molecule has 25 heavy (non-hydrogen) atoms. The fourth-order valence-electron chi connectivity index (χ4n) is 2.42. The monoisotopic (exact) mass is 372 g/mol. The van der Waals surface area contributed by atoms with Gasteiger partial charge in [-0.3, -0.25) is 19.3 Å². The molecule has 0 atom stereocenters. The standard InChI is InChI=1S/C18H16N2O3S2/c1-2-12-6-3-4-8-14(12)19-16(21)11-20-17(22)15(25-18(20)23)10-13-7-5-9-24-13/h3-10H,2,11H2,1H3,(H,19,21)/b15-10-. The number of rotatable bonds is 5. The summed E-state index contributed by atoms with van der Waals surface area (Å²) in [6.07, 6.45) is 2.46. The van der Waals surface area contributed by atoms with Gasteiger partial charge in [-0.05, 0) is 47.3 Å². The van der Waals surface area contributed by atoms with Crippen molar-refractivity contribution < 1.29 is 14.4 Å². The molecule has 1 N–H and O–H groups in total. The molecule has 5 nitrogen and oxygen atoms in total. The van der Waals surface area contributed by atoms with E-state index in [0.29, 0.717) is 10.6 Å². The number of amides is 3. The molecule has 1 aromatic carbocycles. The summed E-state index contributed by atoms with van der Waals surface area (Å²) in [5.41, 5.74) is 1.71. The molecule has 1 fully saturated rings. The minimum absolute atomic E-state index is 0.287. The molecule has 0 radical (unpaired) electrons. The number of carbonyl (C=O) groups is 3. The van der Waals surface area contributed by atoms with Crippen LogP contribution in [0.25, 0.3) is 6.08 Å². The van der Waals surface area contributed by atoms with Crippen molar-refractivity contribution in [3.05, 3.63) is 57.1 Å². The summed E-state index contributed by atoms with van der Waals surface area (Å²) in [6.45, 7) is 1.71. The largest absolute Gasteiger partial charge is 0.324 e. The molecule has 1 aromatic heterocycles. The SMILES string of the molecule is CCc1ccccc1NC(=O)CN1C(=O)S/C(=C\c2cccs2)C1=O. The topological polar surface area (TPSA) is 66.5 Å². The molecule has 3 rings (SSSR count). The van der Waals surface area contributed by atoms with E-state index < -0.39 is 11.1 Å². The highest BCUT2D eigenvalue weighted by atomic mass is 32.2. The number of aryl methyl sites for hydroxylation is 1. The van der Waals surface area contributed by atoms with Gasteiger partial charge >= 0.3 is 0 Å². The Labute approximate surface area is 153 Å². The first-order valence-corrected chi connectivity index (χ1v) is 9.44. The van der Waals surface area contributed by atoms with E-state index in [-0.39, 0.29) is 12.5 Å². The van der Waals surface area contributed by atoms with E-state index in [9.17, 15) is 14.4 Å². The van der Waals surface area contributed by atoms with Crippen molar-refractivity contribution >= 4 is 51.9 Å². The number of hydrogen-bond acceptors (Lipinski definition) is 5. The van der Waals surface area contributed by atoms with Gasteiger partial charge in [0.2, 0.25) is 5.91 Å². The molecular formula is C18H16N2O3S2. The summed E-state index contributed by atoms with van der Waals surface area (Å²) in [6, 6.07) is 11.2. The van der Waals surface area contributed by atoms with E-state index in [1.807, 2.05) is 42.6 Å². The van der Waals surface area contributed by atoms with Crippen molar-refractivity contribution in [2.75, 3.05) is 11.9 Å². The van der Waals surface area contributed by atoms with Crippen LogP contribution in [0.1, 0.15) is 17.4 Å². The van der Waals surface area contributed by atoms with Crippen LogP contribution in [0.5, 0.6) is 0 Å². The predicted octanol–water partition coefficient (Wildman–Crippen LogP) is 3.99. The Balaban J connectivity index is 1.69. The van der Waals surface area contributed by atoms with Crippen LogP contribution < -0.4 is 5.32 Å². The fraction of sp³-hybridized carbons (Fsp3) is 0.167. The first kappa shape index (κ1) is 17.4. The zero-order chi connectivity index (χ0) is 17.8. The van der Waals surface area contributed by atoms with Gasteiger partial charge in [-0.25, -0.2) is 0 Å². The molecule has 1 saturated heterocycles. The molecule has 128 valence electrons. The van der Waals surface area contributed by atoms with Gasteiger partial charge in [0.1, 0.15) is 6.54 Å². The number of carbonyl (C=O) groups excluding carboxylic acids is 3. The number of anilines is 1. The third kappa shape index (κ3) is 4.00. The Hall–Kier alpha value is -2.38. The van der Waals surface area contributed by atoms with Crippen LogP contribution >= 0.6 is 23.1 Å². The minimum atomic E-state index is -0.428. The molecule has 0 spiro atoms. The lowest BCUT2D eigenvalue weighted by molar-refractivity contribution is -0.127. The smallest absolute Gasteiger partial charge is 0.294 e. The van der Waals surface area contributed by atoms with Crippen LogP contribution in [0.3, 0.4) is 0 Å². The first-order chi connectivity index (χ1) is 12.1. The second-order valence-corrected chi connectivity index (χ2v) is 7.31. The lowest BCUT2D eigenvalue weighted by atomic mass is 10.1. The van der Waals surface area contributed by atoms with Crippen LogP contribution in [-0.4, -0.2) is 28.5 Å². The van der Waals surface area contributed by atoms with E-state index in [0.717, 1.165) is 33.5 Å². The molecule has 7 heteroatoms. The van der Waals surface area contributed by atoms with Gasteiger partial charge in [0.15, 0.2) is 0 Å². The molecule has 2 aromatic rings. The maximum Gasteiger partial charge on any atom is 0.294 e. The predicted molar refractivity (Wildman–Crippen MR) is 101 cm³/mol. The summed E-state index contributed by atoms with van der Waals surface area (Å²) in [7, 11) is 0. The minimum Gasteiger partial charge on any atom is -0.324 e. The van der Waals surface area contributed by atoms with Gasteiger partial charge in [-0.2, -0.15) is 0 Å². The zero-order valence-corrected chi connectivity index (χ0v) is 15.2. The van der Waals surface area contributed by atoms with E-state index in [4.69, 9.17) is 0 Å². The highest BCUT2D eigenvalue weighted by molar-refractivity contribution is 8.18. The number of nitrogens with zero attached hydrogens (tertiary/aromatic N) is 1. The Morgan fingerprint density at radius 3 is 2.72 bits per heavy atom. The normalized spacial score (nSPS) is 15.9. The Kier molecular flexibility index (Phi) is 5.35. The van der Waals surface area contributed by atoms with Gasteiger partial charge in [-0.15, -0.1) is 11.3 Å². The maximum absolute atomic E-state index is 12.4. The summed E-state index contributed by atoms with van der Waals surface area (Å²) < 4.78 is 0. The summed E-state index contributed by atoms with van der Waals surface area (Å²) in [5, 5.41) is 4.25. The highest BCUT2D eigenvalue weighted by Crippen LogP contribution is 2.32. The molecule has 0 unspecified atom stereocenters. The fourth-order valence-corrected chi connectivity index (χ4v) is 3.98. The number of thioether (sulfide) groups is 1. The summed E-state index contributed by atoms with van der Waals surface area (Å²) >= 11 is 2.34. The molecular weight excluding hydrogens is 356 g/mol. The molecule has 2 heterocycles. The van der Waals surface area contributed by atoms with Crippen molar-refractivity contribution in [1.82, 2.24) is 4.90 Å².